The van der Waals surface area contributed by atoms with Gasteiger partial charge in [0.15, 0.2) is 22.9 Å². The van der Waals surface area contributed by atoms with E-state index in [2.05, 4.69) is 22.3 Å². The molecule has 0 saturated carbocycles. The van der Waals surface area contributed by atoms with Gasteiger partial charge >= 0.3 is 0 Å². The minimum absolute atomic E-state index is 0.252. The Morgan fingerprint density at radius 2 is 2.26 bits per heavy atom. The molecule has 1 aromatic rings. The minimum Gasteiger partial charge on any atom is -0.490 e. The molecule has 1 heterocycles. The first-order valence-electron chi connectivity index (χ1n) is 7.51. The fourth-order valence-corrected chi connectivity index (χ4v) is 2.75. The number of halogens is 1. The summed E-state index contributed by atoms with van der Waals surface area (Å²) in [7, 11) is 2.11. The van der Waals surface area contributed by atoms with E-state index in [1.54, 1.807) is 24.6 Å². The topological polar surface area (TPSA) is 60.6 Å². The summed E-state index contributed by atoms with van der Waals surface area (Å²) in [6, 6.07) is 4.59. The van der Waals surface area contributed by atoms with Gasteiger partial charge in [-0.25, -0.2) is 9.38 Å². The van der Waals surface area contributed by atoms with E-state index in [9.17, 15) is 4.39 Å². The zero-order chi connectivity index (χ0) is 16.7. The predicted molar refractivity (Wildman–Crippen MR) is 91.5 cm³/mol. The van der Waals surface area contributed by atoms with Gasteiger partial charge in [0.1, 0.15) is 0 Å². The number of piperidine rings is 1. The van der Waals surface area contributed by atoms with E-state index in [1.165, 1.54) is 17.8 Å². The molecular weight excluding hydrogens is 315 g/mol. The molecule has 0 amide bonds. The molecule has 2 rings (SSSR count). The average Bonchev–Trinajstić information content (AvgIpc) is 2.55. The van der Waals surface area contributed by atoms with Gasteiger partial charge in [-0.2, -0.15) is 5.26 Å². The highest BCUT2D eigenvalue weighted by molar-refractivity contribution is 8.13. The Bertz CT molecular complexity index is 594. The highest BCUT2D eigenvalue weighted by Gasteiger charge is 2.17. The van der Waals surface area contributed by atoms with E-state index in [4.69, 9.17) is 10.00 Å². The smallest absolute Gasteiger partial charge is 0.183 e. The lowest BCUT2D eigenvalue weighted by Gasteiger charge is -2.28. The molecule has 0 bridgehead atoms. The van der Waals surface area contributed by atoms with Gasteiger partial charge in [0.25, 0.3) is 0 Å². The van der Waals surface area contributed by atoms with Crippen molar-refractivity contribution in [3.05, 3.63) is 24.0 Å². The number of benzene rings is 1. The minimum atomic E-state index is -0.434. The number of nitrogens with zero attached hydrogens (tertiary/aromatic N) is 3. The zero-order valence-corrected chi connectivity index (χ0v) is 14.2. The quantitative estimate of drug-likeness (QED) is 0.396. The summed E-state index contributed by atoms with van der Waals surface area (Å²) >= 11 is 1.29. The van der Waals surface area contributed by atoms with Crippen molar-refractivity contribution >= 4 is 22.6 Å². The molecule has 124 valence electrons. The molecule has 0 spiro atoms. The molecule has 1 aliphatic heterocycles. The van der Waals surface area contributed by atoms with Crippen LogP contribution in [0, 0.1) is 23.2 Å². The van der Waals surface area contributed by atoms with Crippen molar-refractivity contribution < 1.29 is 9.13 Å². The Hall–Kier alpha value is -1.78. The molecule has 1 fully saturated rings. The standard InChI is InChI=1S/C16H21FN4OS/c1-21-7-5-12(6-8-21)10-22-15-4-3-13(9-14(15)17)20-16(23-2)19-11-18/h3-4,9,12H,5-8,10H2,1-2H3,(H,19,20). The maximum Gasteiger partial charge on any atom is 0.183 e. The van der Waals surface area contributed by atoms with E-state index in [0.717, 1.165) is 25.9 Å². The zero-order valence-electron chi connectivity index (χ0n) is 13.4. The molecule has 0 unspecified atom stereocenters. The van der Waals surface area contributed by atoms with Crippen LogP contribution in [-0.2, 0) is 0 Å². The van der Waals surface area contributed by atoms with Crippen molar-refractivity contribution in [1.29, 1.82) is 5.26 Å². The van der Waals surface area contributed by atoms with Crippen molar-refractivity contribution in [1.82, 2.24) is 10.2 Å². The Labute approximate surface area is 140 Å². The second kappa shape index (κ2) is 8.75. The van der Waals surface area contributed by atoms with E-state index < -0.39 is 5.82 Å². The van der Waals surface area contributed by atoms with Gasteiger partial charge in [-0.15, -0.1) is 0 Å². The van der Waals surface area contributed by atoms with Gasteiger partial charge in [-0.1, -0.05) is 11.8 Å². The molecule has 1 saturated heterocycles. The normalized spacial score (nSPS) is 16.9. The van der Waals surface area contributed by atoms with Gasteiger partial charge in [0, 0.05) is 6.07 Å². The maximum absolute atomic E-state index is 14.1. The van der Waals surface area contributed by atoms with Gasteiger partial charge in [-0.3, -0.25) is 5.32 Å². The van der Waals surface area contributed by atoms with Crippen molar-refractivity contribution in [2.24, 2.45) is 10.9 Å². The van der Waals surface area contributed by atoms with Crippen molar-refractivity contribution in [3.8, 4) is 11.9 Å². The maximum atomic E-state index is 14.1. The molecule has 1 N–H and O–H groups in total. The number of nitrogens with one attached hydrogen (secondary N) is 1. The third kappa shape index (κ3) is 5.41. The molecular formula is C16H21FN4OS. The van der Waals surface area contributed by atoms with E-state index in [-0.39, 0.29) is 5.75 Å². The number of amidine groups is 1. The number of ether oxygens (including phenoxy) is 1. The fraction of sp³-hybridized carbons (Fsp3) is 0.500. The van der Waals surface area contributed by atoms with Crippen molar-refractivity contribution in [2.45, 2.75) is 12.8 Å². The molecule has 0 aliphatic carbocycles. The number of nitriles is 1. The molecule has 23 heavy (non-hydrogen) atoms. The molecule has 7 heteroatoms. The van der Waals surface area contributed by atoms with Crippen LogP contribution < -0.4 is 10.1 Å². The van der Waals surface area contributed by atoms with Gasteiger partial charge < -0.3 is 9.64 Å². The van der Waals surface area contributed by atoms with E-state index in [1.807, 2.05) is 0 Å². The van der Waals surface area contributed by atoms with E-state index >= 15 is 0 Å². The lowest BCUT2D eigenvalue weighted by molar-refractivity contribution is 0.157. The predicted octanol–water partition coefficient (Wildman–Crippen LogP) is 2.97. The first-order valence-corrected chi connectivity index (χ1v) is 8.73. The van der Waals surface area contributed by atoms with Crippen LogP contribution in [0.3, 0.4) is 0 Å². The van der Waals surface area contributed by atoms with Crippen LogP contribution in [0.1, 0.15) is 12.8 Å². The second-order valence-corrected chi connectivity index (χ2v) is 6.33. The number of hydrogen-bond donors (Lipinski definition) is 1. The monoisotopic (exact) mass is 336 g/mol. The third-order valence-electron chi connectivity index (χ3n) is 3.81. The first kappa shape index (κ1) is 17.6. The van der Waals surface area contributed by atoms with Crippen molar-refractivity contribution in [2.75, 3.05) is 33.0 Å². The van der Waals surface area contributed by atoms with Crippen LogP contribution in [0.25, 0.3) is 0 Å². The molecule has 0 radical (unpaired) electrons. The Morgan fingerprint density at radius 3 is 2.87 bits per heavy atom. The van der Waals surface area contributed by atoms with Crippen LogP contribution in [0.15, 0.2) is 23.2 Å². The van der Waals surface area contributed by atoms with Crippen LogP contribution in [-0.4, -0.2) is 43.1 Å². The summed E-state index contributed by atoms with van der Waals surface area (Å²) in [4.78, 5) is 6.47. The number of thioether (sulfide) groups is 1. The number of rotatable bonds is 4. The molecule has 1 aromatic carbocycles. The SMILES string of the molecule is CSC(=Nc1ccc(OCC2CCN(C)CC2)c(F)c1)NC#N. The Kier molecular flexibility index (Phi) is 6.68. The average molecular weight is 336 g/mol. The Balaban J connectivity index is 1.95. The third-order valence-corrected chi connectivity index (χ3v) is 4.40. The summed E-state index contributed by atoms with van der Waals surface area (Å²) in [6.45, 7) is 2.67. The number of hydrogen-bond acceptors (Lipinski definition) is 5. The first-order chi connectivity index (χ1) is 11.1. The van der Waals surface area contributed by atoms with Gasteiger partial charge in [-0.05, 0) is 57.3 Å². The number of aliphatic imine (C=N–C) groups is 1. The van der Waals surface area contributed by atoms with Crippen LogP contribution in [0.2, 0.25) is 0 Å². The lowest BCUT2D eigenvalue weighted by atomic mass is 9.98. The van der Waals surface area contributed by atoms with Crippen LogP contribution >= 0.6 is 11.8 Å². The lowest BCUT2D eigenvalue weighted by Crippen LogP contribution is -2.32. The molecule has 5 nitrogen and oxygen atoms in total. The highest BCUT2D eigenvalue weighted by Crippen LogP contribution is 2.25. The molecule has 0 atom stereocenters. The Morgan fingerprint density at radius 1 is 1.52 bits per heavy atom. The summed E-state index contributed by atoms with van der Waals surface area (Å²) in [5, 5.41) is 11.5. The highest BCUT2D eigenvalue weighted by atomic mass is 32.2. The largest absolute Gasteiger partial charge is 0.490 e. The van der Waals surface area contributed by atoms with Gasteiger partial charge in [0.2, 0.25) is 0 Å². The van der Waals surface area contributed by atoms with Crippen LogP contribution in [0.5, 0.6) is 5.75 Å². The summed E-state index contributed by atoms with van der Waals surface area (Å²) in [5.41, 5.74) is 0.446. The number of likely N-dealkylation sites (tertiary alicyclic amines) is 1. The van der Waals surface area contributed by atoms with E-state index in [0.29, 0.717) is 23.4 Å². The van der Waals surface area contributed by atoms with Gasteiger partial charge in [0.05, 0.1) is 12.3 Å². The summed E-state index contributed by atoms with van der Waals surface area (Å²) in [6.07, 6.45) is 5.75. The van der Waals surface area contributed by atoms with Crippen LogP contribution in [0.4, 0.5) is 10.1 Å². The summed E-state index contributed by atoms with van der Waals surface area (Å²) < 4.78 is 19.7. The van der Waals surface area contributed by atoms with Crippen molar-refractivity contribution in [3.63, 3.8) is 0 Å². The molecule has 1 aliphatic rings. The second-order valence-electron chi connectivity index (χ2n) is 5.53. The fourth-order valence-electron chi connectivity index (χ4n) is 2.40. The molecule has 0 aromatic heterocycles. The summed E-state index contributed by atoms with van der Waals surface area (Å²) in [5.74, 6) is 0.296.